The smallest absolute Gasteiger partial charge is 0.338 e. The minimum Gasteiger partial charge on any atom is -0.497 e. The van der Waals surface area contributed by atoms with Crippen molar-refractivity contribution in [3.05, 3.63) is 88.2 Å². The van der Waals surface area contributed by atoms with Crippen LogP contribution in [0.2, 0.25) is 5.02 Å². The number of benzene rings is 2. The Morgan fingerprint density at radius 2 is 1.84 bits per heavy atom. The highest BCUT2D eigenvalue weighted by Crippen LogP contribution is 2.20. The summed E-state index contributed by atoms with van der Waals surface area (Å²) in [5.74, 6) is 0.0443. The molecule has 1 amide bonds. The van der Waals surface area contributed by atoms with Crippen LogP contribution in [0.4, 0.5) is 5.69 Å². The van der Waals surface area contributed by atoms with Crippen molar-refractivity contribution in [2.75, 3.05) is 19.5 Å². The number of aromatic nitrogens is 1. The maximum atomic E-state index is 12.8. The lowest BCUT2D eigenvalue weighted by Gasteiger charge is -2.09. The van der Waals surface area contributed by atoms with Crippen LogP contribution in [0.15, 0.2) is 60.8 Å². The molecule has 0 bridgehead atoms. The first-order chi connectivity index (χ1) is 14.9. The number of nitrogens with zero attached hydrogens (tertiary/aromatic N) is 1. The number of amides is 1. The van der Waals surface area contributed by atoms with Gasteiger partial charge in [-0.3, -0.25) is 4.79 Å². The summed E-state index contributed by atoms with van der Waals surface area (Å²) in [6, 6.07) is 14.0. The Hall–Kier alpha value is -3.51. The van der Waals surface area contributed by atoms with E-state index < -0.39 is 5.97 Å². The van der Waals surface area contributed by atoms with Crippen LogP contribution in [0.25, 0.3) is 6.08 Å². The minimum absolute atomic E-state index is 0.214. The topological polar surface area (TPSA) is 69.6 Å². The summed E-state index contributed by atoms with van der Waals surface area (Å²) in [7, 11) is 2.92. The van der Waals surface area contributed by atoms with Crippen molar-refractivity contribution in [1.29, 1.82) is 0 Å². The molecule has 3 aromatic rings. The Balaban J connectivity index is 1.76. The molecule has 0 aliphatic rings. The fourth-order valence-corrected chi connectivity index (χ4v) is 3.29. The number of hydrogen-bond acceptors (Lipinski definition) is 4. The van der Waals surface area contributed by atoms with E-state index in [1.165, 1.54) is 7.11 Å². The zero-order chi connectivity index (χ0) is 22.4. The van der Waals surface area contributed by atoms with Crippen LogP contribution in [0.1, 0.15) is 32.0 Å². The van der Waals surface area contributed by atoms with E-state index in [1.807, 2.05) is 35.9 Å². The van der Waals surface area contributed by atoms with Crippen LogP contribution in [0.5, 0.6) is 5.75 Å². The van der Waals surface area contributed by atoms with Crippen LogP contribution in [-0.2, 0) is 11.3 Å². The minimum atomic E-state index is -0.460. The first-order valence-corrected chi connectivity index (χ1v) is 9.95. The lowest BCUT2D eigenvalue weighted by Crippen LogP contribution is -2.16. The first-order valence-electron chi connectivity index (χ1n) is 9.58. The number of methoxy groups -OCH3 is 2. The summed E-state index contributed by atoms with van der Waals surface area (Å²) in [6.45, 7) is 2.38. The first kappa shape index (κ1) is 22.2. The van der Waals surface area contributed by atoms with Crippen LogP contribution in [-0.4, -0.2) is 30.7 Å². The van der Waals surface area contributed by atoms with Crippen molar-refractivity contribution in [2.24, 2.45) is 0 Å². The van der Waals surface area contributed by atoms with Gasteiger partial charge in [-0.25, -0.2) is 4.79 Å². The van der Waals surface area contributed by atoms with Gasteiger partial charge < -0.3 is 19.4 Å². The molecular formula is C24H23ClN2O4. The second kappa shape index (κ2) is 10.00. The summed E-state index contributed by atoms with van der Waals surface area (Å²) in [5, 5.41) is 3.35. The van der Waals surface area contributed by atoms with E-state index in [0.717, 1.165) is 11.3 Å². The normalized spacial score (nSPS) is 10.8. The number of carbonyl (C=O) groups excluding carboxylic acids is 2. The van der Waals surface area contributed by atoms with Gasteiger partial charge in [0.1, 0.15) is 11.4 Å². The maximum absolute atomic E-state index is 12.8. The van der Waals surface area contributed by atoms with Crippen molar-refractivity contribution >= 4 is 35.2 Å². The van der Waals surface area contributed by atoms with Crippen molar-refractivity contribution in [1.82, 2.24) is 4.57 Å². The lowest BCUT2D eigenvalue weighted by atomic mass is 10.1. The maximum Gasteiger partial charge on any atom is 0.338 e. The van der Waals surface area contributed by atoms with Gasteiger partial charge in [-0.15, -0.1) is 0 Å². The molecule has 0 unspecified atom stereocenters. The summed E-state index contributed by atoms with van der Waals surface area (Å²) < 4.78 is 11.8. The summed E-state index contributed by atoms with van der Waals surface area (Å²) >= 11 is 6.00. The second-order valence-electron chi connectivity index (χ2n) is 6.86. The molecule has 2 aromatic carbocycles. The van der Waals surface area contributed by atoms with Gasteiger partial charge in [-0.05, 0) is 60.5 Å². The number of esters is 1. The zero-order valence-electron chi connectivity index (χ0n) is 17.5. The highest BCUT2D eigenvalue weighted by molar-refractivity contribution is 6.31. The standard InChI is InChI=1S/C24H23ClN2O4/c1-16-13-22(23(28)26-19-8-10-20(30-2)11-9-19)27(15-16)12-4-5-17-6-7-18(25)14-21(17)24(29)31-3/h4-11,13-15H,12H2,1-3H3,(H,26,28). The van der Waals surface area contributed by atoms with Gasteiger partial charge in [0, 0.05) is 23.5 Å². The average molecular weight is 439 g/mol. The average Bonchev–Trinajstić information content (AvgIpc) is 3.15. The molecule has 1 aromatic heterocycles. The molecule has 0 saturated heterocycles. The predicted octanol–water partition coefficient (Wildman–Crippen LogP) is 5.21. The summed E-state index contributed by atoms with van der Waals surface area (Å²) in [4.78, 5) is 24.8. The van der Waals surface area contributed by atoms with E-state index in [-0.39, 0.29) is 5.91 Å². The molecule has 7 heteroatoms. The molecule has 0 spiro atoms. The van der Waals surface area contributed by atoms with Gasteiger partial charge >= 0.3 is 5.97 Å². The number of carbonyl (C=O) groups is 2. The van der Waals surface area contributed by atoms with Crippen LogP contribution >= 0.6 is 11.6 Å². The van der Waals surface area contributed by atoms with Crippen LogP contribution in [0, 0.1) is 6.92 Å². The molecule has 3 rings (SSSR count). The van der Waals surface area contributed by atoms with Crippen molar-refractivity contribution in [3.63, 3.8) is 0 Å². The third kappa shape index (κ3) is 5.55. The molecule has 31 heavy (non-hydrogen) atoms. The van der Waals surface area contributed by atoms with Crippen LogP contribution in [0.3, 0.4) is 0 Å². The third-order valence-electron chi connectivity index (χ3n) is 4.63. The van der Waals surface area contributed by atoms with E-state index >= 15 is 0 Å². The fraction of sp³-hybridized carbons (Fsp3) is 0.167. The second-order valence-corrected chi connectivity index (χ2v) is 7.30. The Bertz CT molecular complexity index is 1120. The molecular weight excluding hydrogens is 416 g/mol. The molecule has 0 aliphatic heterocycles. The van der Waals surface area contributed by atoms with E-state index in [1.54, 1.807) is 49.6 Å². The van der Waals surface area contributed by atoms with Gasteiger partial charge in [-0.1, -0.05) is 29.8 Å². The number of allylic oxidation sites excluding steroid dienone is 1. The Labute approximate surface area is 186 Å². The predicted molar refractivity (Wildman–Crippen MR) is 122 cm³/mol. The molecule has 6 nitrogen and oxygen atoms in total. The van der Waals surface area contributed by atoms with Gasteiger partial charge in [0.15, 0.2) is 0 Å². The Morgan fingerprint density at radius 3 is 2.52 bits per heavy atom. The van der Waals surface area contributed by atoms with Gasteiger partial charge in [0.05, 0.1) is 19.8 Å². The molecule has 1 N–H and O–H groups in total. The van der Waals surface area contributed by atoms with Crippen molar-refractivity contribution in [3.8, 4) is 5.75 Å². The number of aryl methyl sites for hydroxylation is 1. The molecule has 0 aliphatic carbocycles. The lowest BCUT2D eigenvalue weighted by molar-refractivity contribution is 0.0600. The van der Waals surface area contributed by atoms with Crippen LogP contribution < -0.4 is 10.1 Å². The van der Waals surface area contributed by atoms with Crippen molar-refractivity contribution in [2.45, 2.75) is 13.5 Å². The number of nitrogens with one attached hydrogen (secondary N) is 1. The molecule has 0 atom stereocenters. The van der Waals surface area contributed by atoms with Crippen molar-refractivity contribution < 1.29 is 19.1 Å². The highest BCUT2D eigenvalue weighted by atomic mass is 35.5. The van der Waals surface area contributed by atoms with E-state index in [4.69, 9.17) is 21.1 Å². The largest absolute Gasteiger partial charge is 0.497 e. The van der Waals surface area contributed by atoms with Gasteiger partial charge in [-0.2, -0.15) is 0 Å². The Kier molecular flexibility index (Phi) is 7.15. The quantitative estimate of drug-likeness (QED) is 0.514. The molecule has 0 fully saturated rings. The SMILES string of the molecule is COC(=O)c1cc(Cl)ccc1C=CCn1cc(C)cc1C(=O)Nc1ccc(OC)cc1. The fourth-order valence-electron chi connectivity index (χ4n) is 3.12. The molecule has 160 valence electrons. The summed E-state index contributed by atoms with van der Waals surface area (Å²) in [6.07, 6.45) is 5.58. The molecule has 0 saturated carbocycles. The Morgan fingerprint density at radius 1 is 1.10 bits per heavy atom. The summed E-state index contributed by atoms with van der Waals surface area (Å²) in [5.41, 5.74) is 3.24. The number of halogens is 1. The molecule has 1 heterocycles. The number of anilines is 1. The van der Waals surface area contributed by atoms with Gasteiger partial charge in [0.25, 0.3) is 5.91 Å². The van der Waals surface area contributed by atoms with Gasteiger partial charge in [0.2, 0.25) is 0 Å². The number of ether oxygens (including phenoxy) is 2. The van der Waals surface area contributed by atoms with E-state index in [2.05, 4.69) is 5.32 Å². The highest BCUT2D eigenvalue weighted by Gasteiger charge is 2.13. The van der Waals surface area contributed by atoms with E-state index in [0.29, 0.717) is 34.1 Å². The third-order valence-corrected chi connectivity index (χ3v) is 4.87. The zero-order valence-corrected chi connectivity index (χ0v) is 18.3. The number of hydrogen-bond donors (Lipinski definition) is 1. The number of rotatable bonds is 7. The monoisotopic (exact) mass is 438 g/mol. The van der Waals surface area contributed by atoms with E-state index in [9.17, 15) is 9.59 Å². The molecule has 0 radical (unpaired) electrons.